The van der Waals surface area contributed by atoms with Gasteiger partial charge < -0.3 is 4.52 Å². The Balaban J connectivity index is 1.51. The van der Waals surface area contributed by atoms with Crippen molar-refractivity contribution in [2.24, 2.45) is 0 Å². The first-order chi connectivity index (χ1) is 9.90. The summed E-state index contributed by atoms with van der Waals surface area (Å²) in [4.78, 5) is 4.37. The van der Waals surface area contributed by atoms with Crippen LogP contribution in [0.25, 0.3) is 0 Å². The average molecular weight is 287 g/mol. The summed E-state index contributed by atoms with van der Waals surface area (Å²) >= 11 is 1.51. The van der Waals surface area contributed by atoms with Gasteiger partial charge in [0.15, 0.2) is 5.82 Å². The maximum atomic E-state index is 5.21. The minimum Gasteiger partial charge on any atom is -0.338 e. The molecule has 0 aliphatic rings. The second-order valence-corrected chi connectivity index (χ2v) is 5.18. The molecule has 6 nitrogen and oxygen atoms in total. The summed E-state index contributed by atoms with van der Waals surface area (Å²) in [6.45, 7) is 0. The van der Waals surface area contributed by atoms with Gasteiger partial charge in [-0.25, -0.2) is 0 Å². The van der Waals surface area contributed by atoms with E-state index in [0.717, 1.165) is 23.7 Å². The maximum absolute atomic E-state index is 5.21. The highest BCUT2D eigenvalue weighted by Gasteiger charge is 2.08. The molecule has 1 aromatic carbocycles. The topological polar surface area (TPSA) is 80.5 Å². The molecule has 7 heteroatoms. The van der Waals surface area contributed by atoms with Crippen LogP contribution in [0.2, 0.25) is 0 Å². The third-order valence-corrected chi connectivity index (χ3v) is 3.61. The van der Waals surface area contributed by atoms with Gasteiger partial charge in [-0.3, -0.25) is 0 Å². The third kappa shape index (κ3) is 3.45. The molecule has 0 saturated carbocycles. The zero-order valence-electron chi connectivity index (χ0n) is 10.7. The molecule has 0 aliphatic carbocycles. The Morgan fingerprint density at radius 1 is 1.15 bits per heavy atom. The molecule has 0 unspecified atom stereocenters. The van der Waals surface area contributed by atoms with Crippen LogP contribution in [-0.2, 0) is 18.6 Å². The molecule has 3 aromatic rings. The third-order valence-electron chi connectivity index (χ3n) is 2.73. The summed E-state index contributed by atoms with van der Waals surface area (Å²) in [6.07, 6.45) is 3.36. The number of rotatable bonds is 6. The van der Waals surface area contributed by atoms with Crippen molar-refractivity contribution in [3.63, 3.8) is 0 Å². The average Bonchev–Trinajstić information content (AvgIpc) is 3.16. The first-order valence-corrected chi connectivity index (χ1v) is 7.22. The van der Waals surface area contributed by atoms with Crippen molar-refractivity contribution in [3.05, 3.63) is 53.8 Å². The lowest BCUT2D eigenvalue weighted by Gasteiger charge is -1.96. The molecule has 3 rings (SSSR count). The number of hydrogen-bond acceptors (Lipinski definition) is 6. The summed E-state index contributed by atoms with van der Waals surface area (Å²) < 4.78 is 5.21. The molecule has 20 heavy (non-hydrogen) atoms. The predicted octanol–water partition coefficient (Wildman–Crippen LogP) is 2.27. The van der Waals surface area contributed by atoms with Gasteiger partial charge in [0.1, 0.15) is 5.03 Å². The van der Waals surface area contributed by atoms with Crippen molar-refractivity contribution >= 4 is 11.8 Å². The van der Waals surface area contributed by atoms with Gasteiger partial charge >= 0.3 is 0 Å². The van der Waals surface area contributed by atoms with Gasteiger partial charge in [0.05, 0.1) is 11.9 Å². The van der Waals surface area contributed by atoms with E-state index in [1.165, 1.54) is 17.3 Å². The fourth-order valence-electron chi connectivity index (χ4n) is 1.75. The highest BCUT2D eigenvalue weighted by Crippen LogP contribution is 2.18. The van der Waals surface area contributed by atoms with Gasteiger partial charge in [0.25, 0.3) is 0 Å². The van der Waals surface area contributed by atoms with E-state index in [2.05, 4.69) is 37.7 Å². The lowest BCUT2D eigenvalue weighted by Crippen LogP contribution is -1.93. The number of aromatic nitrogens is 5. The minimum absolute atomic E-state index is 0.602. The van der Waals surface area contributed by atoms with Crippen LogP contribution in [0.1, 0.15) is 17.3 Å². The van der Waals surface area contributed by atoms with Crippen LogP contribution in [0.3, 0.4) is 0 Å². The summed E-state index contributed by atoms with van der Waals surface area (Å²) in [7, 11) is 0. The van der Waals surface area contributed by atoms with E-state index < -0.39 is 0 Å². The molecule has 0 fully saturated rings. The smallest absolute Gasteiger partial charge is 0.237 e. The molecular formula is C13H13N5OS. The molecule has 0 aliphatic heterocycles. The molecule has 0 bridgehead atoms. The van der Waals surface area contributed by atoms with E-state index in [-0.39, 0.29) is 0 Å². The van der Waals surface area contributed by atoms with Gasteiger partial charge in [-0.15, -0.1) is 5.10 Å². The normalized spacial score (nSPS) is 10.8. The lowest BCUT2D eigenvalue weighted by molar-refractivity contribution is 0.385. The highest BCUT2D eigenvalue weighted by molar-refractivity contribution is 7.98. The first kappa shape index (κ1) is 12.9. The van der Waals surface area contributed by atoms with Crippen LogP contribution >= 0.6 is 11.8 Å². The summed E-state index contributed by atoms with van der Waals surface area (Å²) in [5.41, 5.74) is 1.27. The van der Waals surface area contributed by atoms with Crippen LogP contribution in [0.15, 0.2) is 46.1 Å². The van der Waals surface area contributed by atoms with Crippen LogP contribution < -0.4 is 0 Å². The lowest BCUT2D eigenvalue weighted by atomic mass is 10.1. The van der Waals surface area contributed by atoms with Gasteiger partial charge in [-0.05, 0) is 12.0 Å². The molecule has 0 spiro atoms. The molecule has 2 heterocycles. The van der Waals surface area contributed by atoms with E-state index in [1.54, 1.807) is 6.20 Å². The van der Waals surface area contributed by atoms with Crippen LogP contribution in [0.4, 0.5) is 0 Å². The Morgan fingerprint density at radius 3 is 2.85 bits per heavy atom. The van der Waals surface area contributed by atoms with Crippen molar-refractivity contribution in [3.8, 4) is 0 Å². The number of H-pyrrole nitrogens is 1. The zero-order valence-corrected chi connectivity index (χ0v) is 11.5. The Hall–Kier alpha value is -2.15. The SMILES string of the molecule is c1ccc(CCc2noc(CSc3cn[nH]n3)n2)cc1. The number of aromatic amines is 1. The van der Waals surface area contributed by atoms with Gasteiger partial charge in [-0.2, -0.15) is 15.3 Å². The van der Waals surface area contributed by atoms with Crippen LogP contribution in [-0.4, -0.2) is 25.6 Å². The molecule has 0 atom stereocenters. The maximum Gasteiger partial charge on any atom is 0.237 e. The first-order valence-electron chi connectivity index (χ1n) is 6.24. The van der Waals surface area contributed by atoms with Gasteiger partial charge in [0, 0.05) is 6.42 Å². The van der Waals surface area contributed by atoms with Crippen molar-refractivity contribution in [1.29, 1.82) is 0 Å². The Labute approximate surface area is 120 Å². The van der Waals surface area contributed by atoms with E-state index in [1.807, 2.05) is 18.2 Å². The number of benzene rings is 1. The quantitative estimate of drug-likeness (QED) is 0.700. The summed E-state index contributed by atoms with van der Waals surface area (Å²) in [6, 6.07) is 10.3. The van der Waals surface area contributed by atoms with Crippen molar-refractivity contribution in [2.75, 3.05) is 0 Å². The second kappa shape index (κ2) is 6.33. The van der Waals surface area contributed by atoms with Crippen molar-refractivity contribution in [2.45, 2.75) is 23.6 Å². The molecule has 1 N–H and O–H groups in total. The van der Waals surface area contributed by atoms with E-state index in [4.69, 9.17) is 4.52 Å². The number of aryl methyl sites for hydroxylation is 2. The molecular weight excluding hydrogens is 274 g/mol. The summed E-state index contributed by atoms with van der Waals surface area (Å²) in [5.74, 6) is 1.95. The monoisotopic (exact) mass is 287 g/mol. The number of nitrogens with one attached hydrogen (secondary N) is 1. The Kier molecular flexibility index (Phi) is 4.07. The number of nitrogens with zero attached hydrogens (tertiary/aromatic N) is 4. The van der Waals surface area contributed by atoms with Gasteiger partial charge in [0.2, 0.25) is 5.89 Å². The molecule has 2 aromatic heterocycles. The van der Waals surface area contributed by atoms with E-state index in [9.17, 15) is 0 Å². The van der Waals surface area contributed by atoms with Gasteiger partial charge in [-0.1, -0.05) is 47.3 Å². The fraction of sp³-hybridized carbons (Fsp3) is 0.231. The summed E-state index contributed by atoms with van der Waals surface area (Å²) in [5, 5.41) is 15.1. The molecule has 0 amide bonds. The Morgan fingerprint density at radius 2 is 2.05 bits per heavy atom. The number of hydrogen-bond donors (Lipinski definition) is 1. The predicted molar refractivity (Wildman–Crippen MR) is 74.1 cm³/mol. The second-order valence-electron chi connectivity index (χ2n) is 4.19. The van der Waals surface area contributed by atoms with Crippen molar-refractivity contribution < 1.29 is 4.52 Å². The highest BCUT2D eigenvalue weighted by atomic mass is 32.2. The van der Waals surface area contributed by atoms with Crippen molar-refractivity contribution in [1.82, 2.24) is 25.6 Å². The van der Waals surface area contributed by atoms with E-state index in [0.29, 0.717) is 11.6 Å². The van der Waals surface area contributed by atoms with E-state index >= 15 is 0 Å². The Bertz CT molecular complexity index is 638. The number of thioether (sulfide) groups is 1. The largest absolute Gasteiger partial charge is 0.338 e. The van der Waals surface area contributed by atoms with Crippen LogP contribution in [0, 0.1) is 0 Å². The molecule has 0 radical (unpaired) electrons. The molecule has 0 saturated heterocycles. The zero-order chi connectivity index (χ0) is 13.6. The van der Waals surface area contributed by atoms with Crippen LogP contribution in [0.5, 0.6) is 0 Å². The molecule has 102 valence electrons. The standard InChI is InChI=1S/C13H13N5OS/c1-2-4-10(5-3-1)6-7-11-15-12(19-17-11)9-20-13-8-14-18-16-13/h1-5,8H,6-7,9H2,(H,14,16,18). The fourth-order valence-corrected chi connectivity index (χ4v) is 2.37. The minimum atomic E-state index is 0.602.